The molecule has 0 bridgehead atoms. The van der Waals surface area contributed by atoms with Crippen molar-refractivity contribution in [3.8, 4) is 5.75 Å². The number of aromatic nitrogens is 1. The number of phenols is 1. The Morgan fingerprint density at radius 2 is 2.06 bits per heavy atom. The van der Waals surface area contributed by atoms with Gasteiger partial charge in [0.2, 0.25) is 0 Å². The Labute approximate surface area is 112 Å². The summed E-state index contributed by atoms with van der Waals surface area (Å²) in [6.45, 7) is 1.70. The topological polar surface area (TPSA) is 70.4 Å². The van der Waals surface area contributed by atoms with E-state index in [1.807, 2.05) is 12.1 Å². The zero-order valence-corrected chi connectivity index (χ0v) is 11.2. The van der Waals surface area contributed by atoms with Gasteiger partial charge in [-0.2, -0.15) is 0 Å². The minimum Gasteiger partial charge on any atom is -0.508 e. The van der Waals surface area contributed by atoms with Crippen molar-refractivity contribution >= 4 is 29.1 Å². The Kier molecular flexibility index (Phi) is 3.88. The van der Waals surface area contributed by atoms with Gasteiger partial charge in [-0.25, -0.2) is 9.78 Å². The van der Waals surface area contributed by atoms with Gasteiger partial charge in [0.15, 0.2) is 4.34 Å². The van der Waals surface area contributed by atoms with Gasteiger partial charge < -0.3 is 10.2 Å². The molecule has 0 fully saturated rings. The average molecular weight is 281 g/mol. The van der Waals surface area contributed by atoms with Gasteiger partial charge in [-0.15, -0.1) is 11.3 Å². The van der Waals surface area contributed by atoms with Gasteiger partial charge in [-0.1, -0.05) is 23.9 Å². The molecule has 18 heavy (non-hydrogen) atoms. The first-order chi connectivity index (χ1) is 8.56. The molecule has 2 aromatic rings. The molecule has 0 amide bonds. The molecule has 0 aliphatic heterocycles. The van der Waals surface area contributed by atoms with Crippen molar-refractivity contribution in [2.24, 2.45) is 0 Å². The number of rotatable bonds is 4. The van der Waals surface area contributed by atoms with Gasteiger partial charge in [0, 0.05) is 5.75 Å². The normalized spacial score (nSPS) is 10.5. The molecule has 4 nitrogen and oxygen atoms in total. The van der Waals surface area contributed by atoms with Crippen LogP contribution in [0, 0.1) is 6.92 Å². The van der Waals surface area contributed by atoms with Crippen LogP contribution in [0.2, 0.25) is 0 Å². The first kappa shape index (κ1) is 12.9. The molecule has 0 atom stereocenters. The van der Waals surface area contributed by atoms with Gasteiger partial charge in [0.25, 0.3) is 0 Å². The number of carboxylic acids is 1. The Bertz CT molecular complexity index is 563. The fourth-order valence-corrected chi connectivity index (χ4v) is 3.35. The van der Waals surface area contributed by atoms with Crippen molar-refractivity contribution in [3.63, 3.8) is 0 Å². The van der Waals surface area contributed by atoms with Gasteiger partial charge in [0.05, 0.1) is 5.69 Å². The number of hydrogen-bond donors (Lipinski definition) is 2. The fraction of sp³-hybridized carbons (Fsp3) is 0.167. The number of phenolic OH excluding ortho intramolecular Hbond substituents is 1. The van der Waals surface area contributed by atoms with Crippen LogP contribution in [-0.4, -0.2) is 21.2 Å². The van der Waals surface area contributed by atoms with E-state index in [1.54, 1.807) is 19.1 Å². The summed E-state index contributed by atoms with van der Waals surface area (Å²) in [5, 5.41) is 18.1. The van der Waals surface area contributed by atoms with E-state index in [4.69, 9.17) is 10.2 Å². The maximum Gasteiger partial charge on any atom is 0.347 e. The Balaban J connectivity index is 2.04. The minimum absolute atomic E-state index is 0.238. The molecule has 1 aromatic carbocycles. The van der Waals surface area contributed by atoms with Crippen LogP contribution in [-0.2, 0) is 5.75 Å². The first-order valence-electron chi connectivity index (χ1n) is 5.17. The van der Waals surface area contributed by atoms with Crippen LogP contribution in [0.3, 0.4) is 0 Å². The van der Waals surface area contributed by atoms with Crippen molar-refractivity contribution in [3.05, 3.63) is 40.4 Å². The summed E-state index contributed by atoms with van der Waals surface area (Å²) < 4.78 is 0.748. The molecule has 1 heterocycles. The van der Waals surface area contributed by atoms with E-state index in [1.165, 1.54) is 23.1 Å². The minimum atomic E-state index is -0.929. The Hall–Kier alpha value is -1.53. The number of benzene rings is 1. The van der Waals surface area contributed by atoms with E-state index in [9.17, 15) is 4.79 Å². The monoisotopic (exact) mass is 281 g/mol. The van der Waals surface area contributed by atoms with Crippen LogP contribution in [0.4, 0.5) is 0 Å². The van der Waals surface area contributed by atoms with E-state index < -0.39 is 5.97 Å². The van der Waals surface area contributed by atoms with Crippen molar-refractivity contribution < 1.29 is 15.0 Å². The lowest BCUT2D eigenvalue weighted by Gasteiger charge is -1.98. The molecule has 0 saturated carbocycles. The molecule has 0 spiro atoms. The van der Waals surface area contributed by atoms with Gasteiger partial charge in [-0.3, -0.25) is 0 Å². The highest BCUT2D eigenvalue weighted by Gasteiger charge is 2.14. The molecule has 2 rings (SSSR count). The molecule has 2 N–H and O–H groups in total. The maximum absolute atomic E-state index is 10.9. The van der Waals surface area contributed by atoms with Crippen molar-refractivity contribution in [2.45, 2.75) is 17.0 Å². The second-order valence-corrected chi connectivity index (χ2v) is 5.88. The number of hydrogen-bond acceptors (Lipinski definition) is 5. The van der Waals surface area contributed by atoms with Crippen LogP contribution >= 0.6 is 23.1 Å². The van der Waals surface area contributed by atoms with E-state index in [0.29, 0.717) is 16.3 Å². The van der Waals surface area contributed by atoms with E-state index in [0.717, 1.165) is 9.90 Å². The van der Waals surface area contributed by atoms with E-state index in [2.05, 4.69) is 4.98 Å². The van der Waals surface area contributed by atoms with Gasteiger partial charge in [-0.05, 0) is 24.6 Å². The average Bonchev–Trinajstić information content (AvgIpc) is 2.70. The third-order valence-electron chi connectivity index (χ3n) is 2.27. The molecule has 6 heteroatoms. The number of aromatic hydroxyl groups is 1. The van der Waals surface area contributed by atoms with Crippen LogP contribution in [0.1, 0.15) is 20.9 Å². The number of thioether (sulfide) groups is 1. The van der Waals surface area contributed by atoms with Crippen LogP contribution < -0.4 is 0 Å². The Morgan fingerprint density at radius 3 is 2.61 bits per heavy atom. The molecular weight excluding hydrogens is 270 g/mol. The SMILES string of the molecule is Cc1nc(SCc2ccc(O)cc2)sc1C(=O)O. The number of thiazole rings is 1. The molecule has 1 aromatic heterocycles. The van der Waals surface area contributed by atoms with Crippen LogP contribution in [0.15, 0.2) is 28.6 Å². The lowest BCUT2D eigenvalue weighted by Crippen LogP contribution is -1.94. The zero-order valence-electron chi connectivity index (χ0n) is 9.58. The highest BCUT2D eigenvalue weighted by molar-refractivity contribution is 8.00. The predicted octanol–water partition coefficient (Wildman–Crippen LogP) is 3.15. The van der Waals surface area contributed by atoms with Crippen LogP contribution in [0.25, 0.3) is 0 Å². The number of nitrogens with zero attached hydrogens (tertiary/aromatic N) is 1. The summed E-state index contributed by atoms with van der Waals surface area (Å²) >= 11 is 2.69. The first-order valence-corrected chi connectivity index (χ1v) is 6.98. The lowest BCUT2D eigenvalue weighted by atomic mass is 10.2. The number of aromatic carboxylic acids is 1. The van der Waals surface area contributed by atoms with Crippen molar-refractivity contribution in [1.82, 2.24) is 4.98 Å². The number of carboxylic acid groups (broad SMARTS) is 1. The summed E-state index contributed by atoms with van der Waals surface area (Å²) in [4.78, 5) is 15.4. The van der Waals surface area contributed by atoms with Crippen molar-refractivity contribution in [2.75, 3.05) is 0 Å². The molecule has 0 saturated heterocycles. The largest absolute Gasteiger partial charge is 0.508 e. The zero-order chi connectivity index (χ0) is 13.1. The van der Waals surface area contributed by atoms with Gasteiger partial charge >= 0.3 is 5.97 Å². The summed E-state index contributed by atoms with van der Waals surface area (Å²) in [5.74, 6) is 0.00947. The standard InChI is InChI=1S/C12H11NO3S2/c1-7-10(11(15)16)18-12(13-7)17-6-8-2-4-9(14)5-3-8/h2-5,14H,6H2,1H3,(H,15,16). The fourth-order valence-electron chi connectivity index (χ4n) is 1.37. The highest BCUT2D eigenvalue weighted by atomic mass is 32.2. The highest BCUT2D eigenvalue weighted by Crippen LogP contribution is 2.29. The van der Waals surface area contributed by atoms with Crippen molar-refractivity contribution in [1.29, 1.82) is 0 Å². The molecule has 94 valence electrons. The Morgan fingerprint density at radius 1 is 1.39 bits per heavy atom. The predicted molar refractivity (Wildman–Crippen MR) is 71.5 cm³/mol. The molecule has 0 radical (unpaired) electrons. The molecule has 0 aliphatic carbocycles. The summed E-state index contributed by atoms with van der Waals surface area (Å²) in [6, 6.07) is 6.93. The van der Waals surface area contributed by atoms with Gasteiger partial charge in [0.1, 0.15) is 10.6 Å². The third-order valence-corrected chi connectivity index (χ3v) is 4.63. The summed E-state index contributed by atoms with van der Waals surface area (Å²) in [6.07, 6.45) is 0. The second-order valence-electron chi connectivity index (χ2n) is 3.65. The van der Waals surface area contributed by atoms with E-state index in [-0.39, 0.29) is 5.75 Å². The lowest BCUT2D eigenvalue weighted by molar-refractivity contribution is 0.0701. The molecule has 0 unspecified atom stereocenters. The number of aryl methyl sites for hydroxylation is 1. The third kappa shape index (κ3) is 3.02. The smallest absolute Gasteiger partial charge is 0.347 e. The maximum atomic E-state index is 10.9. The summed E-state index contributed by atoms with van der Waals surface area (Å²) in [5.41, 5.74) is 1.61. The number of carbonyl (C=O) groups is 1. The summed E-state index contributed by atoms with van der Waals surface area (Å²) in [7, 11) is 0. The molecule has 0 aliphatic rings. The second kappa shape index (κ2) is 5.41. The quantitative estimate of drug-likeness (QED) is 0.842. The van der Waals surface area contributed by atoms with Crippen LogP contribution in [0.5, 0.6) is 5.75 Å². The van der Waals surface area contributed by atoms with E-state index >= 15 is 0 Å². The molecular formula is C12H11NO3S2.